The molecule has 136 valence electrons. The van der Waals surface area contributed by atoms with Crippen LogP contribution in [0.1, 0.15) is 35.2 Å². The number of hydrogen-bond acceptors (Lipinski definition) is 7. The lowest BCUT2D eigenvalue weighted by atomic mass is 10.1. The van der Waals surface area contributed by atoms with Gasteiger partial charge in [0, 0.05) is 43.9 Å². The average molecular weight is 355 g/mol. The number of carbonyl (C=O) groups excluding carboxylic acids is 2. The van der Waals surface area contributed by atoms with Gasteiger partial charge >= 0.3 is 0 Å². The Balaban J connectivity index is 1.60. The van der Waals surface area contributed by atoms with E-state index in [2.05, 4.69) is 25.3 Å². The van der Waals surface area contributed by atoms with Crippen LogP contribution in [0.3, 0.4) is 0 Å². The van der Waals surface area contributed by atoms with Crippen LogP contribution in [-0.2, 0) is 11.2 Å². The maximum Gasteiger partial charge on any atom is 0.254 e. The second-order valence-electron chi connectivity index (χ2n) is 6.26. The van der Waals surface area contributed by atoms with Gasteiger partial charge in [0.15, 0.2) is 0 Å². The second-order valence-corrected chi connectivity index (χ2v) is 6.26. The molecule has 0 aromatic carbocycles. The van der Waals surface area contributed by atoms with E-state index in [1.54, 1.807) is 17.3 Å². The monoisotopic (exact) mass is 355 g/mol. The van der Waals surface area contributed by atoms with Crippen molar-refractivity contribution in [3.8, 4) is 0 Å². The number of likely N-dealkylation sites (tertiary alicyclic amines) is 1. The standard InChI is InChI=1S/C17H21N7O2/c18-17-21-8-13(9-22-17)16(26)23-14-3-1-2-4-24(10-14)15(25)5-12-6-19-11-20-7-12/h6-9,11,14H,1-5,10H2,(H,23,26)(H2,18,21,22). The Kier molecular flexibility index (Phi) is 5.67. The quantitative estimate of drug-likeness (QED) is 0.802. The summed E-state index contributed by atoms with van der Waals surface area (Å²) in [7, 11) is 0. The van der Waals surface area contributed by atoms with E-state index in [1.807, 2.05) is 0 Å². The summed E-state index contributed by atoms with van der Waals surface area (Å²) in [6.07, 6.45) is 10.4. The molecule has 0 saturated carbocycles. The number of aromatic nitrogens is 4. The van der Waals surface area contributed by atoms with E-state index in [0.29, 0.717) is 18.7 Å². The molecule has 1 atom stereocenters. The molecular weight excluding hydrogens is 334 g/mol. The minimum Gasteiger partial charge on any atom is -0.368 e. The van der Waals surface area contributed by atoms with Gasteiger partial charge in [0.1, 0.15) is 6.33 Å². The van der Waals surface area contributed by atoms with E-state index < -0.39 is 0 Å². The third-order valence-corrected chi connectivity index (χ3v) is 4.26. The fourth-order valence-electron chi connectivity index (χ4n) is 2.92. The molecule has 2 aromatic heterocycles. The number of carbonyl (C=O) groups is 2. The van der Waals surface area contributed by atoms with Crippen molar-refractivity contribution in [1.82, 2.24) is 30.2 Å². The smallest absolute Gasteiger partial charge is 0.254 e. The minimum atomic E-state index is -0.263. The fourth-order valence-corrected chi connectivity index (χ4v) is 2.92. The highest BCUT2D eigenvalue weighted by molar-refractivity contribution is 5.93. The van der Waals surface area contributed by atoms with E-state index in [9.17, 15) is 9.59 Å². The molecule has 1 aliphatic rings. The SMILES string of the molecule is Nc1ncc(C(=O)NC2CCCCN(C(=O)Cc3cncnc3)C2)cn1. The zero-order valence-corrected chi connectivity index (χ0v) is 14.3. The van der Waals surface area contributed by atoms with Crippen LogP contribution in [-0.4, -0.2) is 55.8 Å². The van der Waals surface area contributed by atoms with Crippen LogP contribution in [0.5, 0.6) is 0 Å². The van der Waals surface area contributed by atoms with Crippen molar-refractivity contribution < 1.29 is 9.59 Å². The normalized spacial score (nSPS) is 17.4. The number of nitrogens with one attached hydrogen (secondary N) is 1. The molecule has 0 spiro atoms. The van der Waals surface area contributed by atoms with Crippen molar-refractivity contribution in [2.75, 3.05) is 18.8 Å². The predicted octanol–water partition coefficient (Wildman–Crippen LogP) is 0.202. The number of nitrogens with two attached hydrogens (primary N) is 1. The van der Waals surface area contributed by atoms with Gasteiger partial charge in [-0.25, -0.2) is 19.9 Å². The molecule has 3 rings (SSSR count). The van der Waals surface area contributed by atoms with Crippen LogP contribution in [0.2, 0.25) is 0 Å². The number of amides is 2. The zero-order valence-electron chi connectivity index (χ0n) is 14.3. The number of nitrogens with zero attached hydrogens (tertiary/aromatic N) is 5. The molecule has 0 aliphatic carbocycles. The lowest BCUT2D eigenvalue weighted by Gasteiger charge is -2.25. The van der Waals surface area contributed by atoms with Crippen molar-refractivity contribution in [3.05, 3.63) is 42.2 Å². The highest BCUT2D eigenvalue weighted by atomic mass is 16.2. The first-order valence-electron chi connectivity index (χ1n) is 8.52. The summed E-state index contributed by atoms with van der Waals surface area (Å²) in [6.45, 7) is 1.16. The molecule has 3 heterocycles. The maximum atomic E-state index is 12.6. The molecule has 2 amide bonds. The average Bonchev–Trinajstić information content (AvgIpc) is 2.89. The maximum absolute atomic E-state index is 12.6. The Bertz CT molecular complexity index is 751. The molecule has 0 radical (unpaired) electrons. The van der Waals surface area contributed by atoms with E-state index in [1.165, 1.54) is 18.7 Å². The third kappa shape index (κ3) is 4.71. The van der Waals surface area contributed by atoms with Gasteiger partial charge in [0.25, 0.3) is 5.91 Å². The van der Waals surface area contributed by atoms with E-state index in [4.69, 9.17) is 5.73 Å². The Morgan fingerprint density at radius 1 is 1.15 bits per heavy atom. The predicted molar refractivity (Wildman–Crippen MR) is 93.9 cm³/mol. The van der Waals surface area contributed by atoms with E-state index >= 15 is 0 Å². The first-order chi connectivity index (χ1) is 12.6. The van der Waals surface area contributed by atoms with Crippen molar-refractivity contribution in [3.63, 3.8) is 0 Å². The molecule has 1 saturated heterocycles. The summed E-state index contributed by atoms with van der Waals surface area (Å²) >= 11 is 0. The van der Waals surface area contributed by atoms with Crippen molar-refractivity contribution in [2.24, 2.45) is 0 Å². The molecule has 3 N–H and O–H groups in total. The topological polar surface area (TPSA) is 127 Å². The fraction of sp³-hybridized carbons (Fsp3) is 0.412. The van der Waals surface area contributed by atoms with E-state index in [0.717, 1.165) is 24.8 Å². The summed E-state index contributed by atoms with van der Waals surface area (Å²) in [4.78, 5) is 42.3. The van der Waals surface area contributed by atoms with Crippen molar-refractivity contribution in [1.29, 1.82) is 0 Å². The van der Waals surface area contributed by atoms with Crippen LogP contribution in [0.25, 0.3) is 0 Å². The first kappa shape index (κ1) is 17.7. The van der Waals surface area contributed by atoms with Gasteiger partial charge in [0.05, 0.1) is 12.0 Å². The Morgan fingerprint density at radius 3 is 2.62 bits per heavy atom. The lowest BCUT2D eigenvalue weighted by molar-refractivity contribution is -0.130. The van der Waals surface area contributed by atoms with E-state index in [-0.39, 0.29) is 30.2 Å². The lowest BCUT2D eigenvalue weighted by Crippen LogP contribution is -2.45. The molecule has 1 aliphatic heterocycles. The minimum absolute atomic E-state index is 0.0109. The van der Waals surface area contributed by atoms with Gasteiger partial charge in [-0.05, 0) is 24.8 Å². The first-order valence-corrected chi connectivity index (χ1v) is 8.52. The number of hydrogen-bond donors (Lipinski definition) is 2. The molecule has 1 fully saturated rings. The van der Waals surface area contributed by atoms with Crippen LogP contribution < -0.4 is 11.1 Å². The Labute approximate surface area is 151 Å². The highest BCUT2D eigenvalue weighted by Gasteiger charge is 2.24. The third-order valence-electron chi connectivity index (χ3n) is 4.26. The van der Waals surface area contributed by atoms with Crippen molar-refractivity contribution >= 4 is 17.8 Å². The molecule has 1 unspecified atom stereocenters. The zero-order chi connectivity index (χ0) is 18.4. The van der Waals surface area contributed by atoms with Crippen LogP contribution >= 0.6 is 0 Å². The molecule has 2 aromatic rings. The van der Waals surface area contributed by atoms with Crippen LogP contribution in [0, 0.1) is 0 Å². The Hall–Kier alpha value is -3.10. The second kappa shape index (κ2) is 8.32. The summed E-state index contributed by atoms with van der Waals surface area (Å²) in [5.41, 5.74) is 6.57. The summed E-state index contributed by atoms with van der Waals surface area (Å²) in [6, 6.07) is -0.112. The largest absolute Gasteiger partial charge is 0.368 e. The van der Waals surface area contributed by atoms with Gasteiger partial charge in [-0.2, -0.15) is 0 Å². The van der Waals surface area contributed by atoms with Crippen molar-refractivity contribution in [2.45, 2.75) is 31.7 Å². The van der Waals surface area contributed by atoms with Gasteiger partial charge in [-0.15, -0.1) is 0 Å². The van der Waals surface area contributed by atoms with Crippen LogP contribution in [0.4, 0.5) is 5.95 Å². The van der Waals surface area contributed by atoms with Crippen LogP contribution in [0.15, 0.2) is 31.1 Å². The Morgan fingerprint density at radius 2 is 1.88 bits per heavy atom. The summed E-state index contributed by atoms with van der Waals surface area (Å²) in [5, 5.41) is 2.96. The number of rotatable bonds is 4. The van der Waals surface area contributed by atoms with Gasteiger partial charge in [0.2, 0.25) is 11.9 Å². The van der Waals surface area contributed by atoms with Gasteiger partial charge in [-0.1, -0.05) is 0 Å². The molecule has 9 heteroatoms. The summed E-state index contributed by atoms with van der Waals surface area (Å²) < 4.78 is 0. The molecule has 0 bridgehead atoms. The number of nitrogen functional groups attached to an aromatic ring is 1. The van der Waals surface area contributed by atoms with Gasteiger partial charge in [-0.3, -0.25) is 9.59 Å². The van der Waals surface area contributed by atoms with Gasteiger partial charge < -0.3 is 16.0 Å². The summed E-state index contributed by atoms with van der Waals surface area (Å²) in [5.74, 6) is -0.129. The molecule has 26 heavy (non-hydrogen) atoms. The molecular formula is C17H21N7O2. The highest BCUT2D eigenvalue weighted by Crippen LogP contribution is 2.13. The molecule has 9 nitrogen and oxygen atoms in total. The number of anilines is 1.